The van der Waals surface area contributed by atoms with Crippen LogP contribution < -0.4 is 9.83 Å². The van der Waals surface area contributed by atoms with Gasteiger partial charge in [0.05, 0.1) is 5.30 Å². The maximum Gasteiger partial charge on any atom is 0.408 e. The van der Waals surface area contributed by atoms with Crippen LogP contribution in [0.4, 0.5) is 0 Å². The van der Waals surface area contributed by atoms with Crippen molar-refractivity contribution in [2.24, 2.45) is 0 Å². The van der Waals surface area contributed by atoms with E-state index >= 15 is 0 Å². The van der Waals surface area contributed by atoms with Gasteiger partial charge in [-0.1, -0.05) is 57.5 Å². The van der Waals surface area contributed by atoms with Crippen LogP contribution in [-0.2, 0) is 23.8 Å². The lowest BCUT2D eigenvalue weighted by Crippen LogP contribution is -2.15. The van der Waals surface area contributed by atoms with Gasteiger partial charge in [0, 0.05) is 0 Å². The highest BCUT2D eigenvalue weighted by Crippen LogP contribution is 2.44. The summed E-state index contributed by atoms with van der Waals surface area (Å²) in [6.07, 6.45) is 4.47. The average molecular weight is 346 g/mol. The highest BCUT2D eigenvalue weighted by atomic mass is 31.2. The van der Waals surface area contributed by atoms with Gasteiger partial charge in [-0.15, -0.1) is 0 Å². The van der Waals surface area contributed by atoms with Gasteiger partial charge in [0.2, 0.25) is 0 Å². The summed E-state index contributed by atoms with van der Waals surface area (Å²) >= 11 is 0. The number of aryl methyl sites for hydroxylation is 2. The number of benzene rings is 2. The van der Waals surface area contributed by atoms with Gasteiger partial charge in [-0.3, -0.25) is 0 Å². The molecule has 1 unspecified atom stereocenters. The van der Waals surface area contributed by atoms with E-state index in [1.807, 2.05) is 31.2 Å². The highest BCUT2D eigenvalue weighted by molar-refractivity contribution is 7.61. The summed E-state index contributed by atoms with van der Waals surface area (Å²) in [5.41, 5.74) is 3.07. The van der Waals surface area contributed by atoms with E-state index in [9.17, 15) is 9.46 Å². The van der Waals surface area contributed by atoms with Crippen molar-refractivity contribution in [2.45, 2.75) is 52.9 Å². The Kier molecular flexibility index (Phi) is 6.65. The Bertz CT molecular complexity index is 725. The zero-order valence-corrected chi connectivity index (χ0v) is 15.7. The minimum atomic E-state index is -3.92. The minimum Gasteiger partial charge on any atom is -0.421 e. The zero-order chi connectivity index (χ0) is 17.6. The van der Waals surface area contributed by atoms with Crippen LogP contribution in [0.3, 0.4) is 0 Å². The molecule has 0 saturated heterocycles. The van der Waals surface area contributed by atoms with E-state index in [-0.39, 0.29) is 0 Å². The number of hydrogen-bond donors (Lipinski definition) is 1. The second-order valence-electron chi connectivity index (χ2n) is 5.94. The molecule has 0 aromatic heterocycles. The first-order valence-electron chi connectivity index (χ1n) is 8.75. The lowest BCUT2D eigenvalue weighted by atomic mass is 10.0. The topological polar surface area (TPSA) is 46.5 Å². The summed E-state index contributed by atoms with van der Waals surface area (Å²) in [4.78, 5) is 10.6. The summed E-state index contributed by atoms with van der Waals surface area (Å²) in [5, 5.41) is 0.419. The molecule has 0 aliphatic heterocycles. The van der Waals surface area contributed by atoms with Crippen molar-refractivity contribution in [1.82, 2.24) is 0 Å². The van der Waals surface area contributed by atoms with E-state index in [1.54, 1.807) is 18.2 Å². The van der Waals surface area contributed by atoms with Gasteiger partial charge in [0.1, 0.15) is 5.75 Å². The third-order valence-corrected chi connectivity index (χ3v) is 5.77. The Balaban J connectivity index is 2.38. The Morgan fingerprint density at radius 1 is 0.958 bits per heavy atom. The first-order chi connectivity index (χ1) is 11.5. The molecule has 0 spiro atoms. The van der Waals surface area contributed by atoms with E-state index in [0.29, 0.717) is 11.1 Å². The van der Waals surface area contributed by atoms with Crippen LogP contribution >= 0.6 is 7.60 Å². The number of unbranched alkanes of at least 4 members (excludes halogenated alkanes) is 1. The fraction of sp³-hybridized carbons (Fsp3) is 0.400. The van der Waals surface area contributed by atoms with Gasteiger partial charge in [-0.25, -0.2) is 4.57 Å². The second kappa shape index (κ2) is 8.50. The molecule has 1 N–H and O–H groups in total. The second-order valence-corrected chi connectivity index (χ2v) is 7.65. The van der Waals surface area contributed by atoms with Gasteiger partial charge in [0.25, 0.3) is 0 Å². The summed E-state index contributed by atoms with van der Waals surface area (Å²) in [5.74, 6) is 0.521. The van der Waals surface area contributed by atoms with Gasteiger partial charge < -0.3 is 9.42 Å². The molecule has 0 radical (unpaired) electrons. The molecule has 130 valence electrons. The molecule has 1 atom stereocenters. The van der Waals surface area contributed by atoms with Crippen LogP contribution in [0.15, 0.2) is 42.5 Å². The number of hydrogen-bond acceptors (Lipinski definition) is 2. The monoisotopic (exact) mass is 346 g/mol. The molecule has 0 saturated carbocycles. The first kappa shape index (κ1) is 18.8. The lowest BCUT2D eigenvalue weighted by molar-refractivity contribution is 0.391. The largest absolute Gasteiger partial charge is 0.421 e. The minimum absolute atomic E-state index is 0.419. The molecule has 0 aliphatic carbocycles. The average Bonchev–Trinajstić information content (AvgIpc) is 2.59. The smallest absolute Gasteiger partial charge is 0.408 e. The molecule has 0 aliphatic rings. The van der Waals surface area contributed by atoms with E-state index in [4.69, 9.17) is 4.52 Å². The number of rotatable bonds is 8. The molecule has 24 heavy (non-hydrogen) atoms. The molecule has 0 amide bonds. The Morgan fingerprint density at radius 2 is 1.67 bits per heavy atom. The van der Waals surface area contributed by atoms with Crippen molar-refractivity contribution in [2.75, 3.05) is 0 Å². The van der Waals surface area contributed by atoms with Crippen molar-refractivity contribution in [3.63, 3.8) is 0 Å². The third kappa shape index (κ3) is 4.28. The normalized spacial score (nSPS) is 13.5. The van der Waals surface area contributed by atoms with E-state index < -0.39 is 7.60 Å². The van der Waals surface area contributed by atoms with Gasteiger partial charge in [-0.05, 0) is 54.5 Å². The molecule has 4 heteroatoms. The maximum absolute atomic E-state index is 13.0. The fourth-order valence-electron chi connectivity index (χ4n) is 2.98. The van der Waals surface area contributed by atoms with Crippen molar-refractivity contribution in [3.8, 4) is 5.75 Å². The summed E-state index contributed by atoms with van der Waals surface area (Å²) in [6, 6.07) is 13.0. The zero-order valence-electron chi connectivity index (χ0n) is 14.8. The fourth-order valence-corrected chi connectivity index (χ4v) is 4.34. The first-order valence-corrected chi connectivity index (χ1v) is 10.3. The Morgan fingerprint density at radius 3 is 2.33 bits per heavy atom. The standard InChI is InChI=1S/C20H27O3P/c1-4-7-11-17-12-8-9-15-20(17)24(21,22)23-19-14-10-13-16(5-2)18(19)6-3/h8-10,12-15H,4-7,11H2,1-3H3,(H,21,22). The van der Waals surface area contributed by atoms with Crippen molar-refractivity contribution in [3.05, 3.63) is 59.2 Å². The van der Waals surface area contributed by atoms with Crippen LogP contribution in [0.2, 0.25) is 0 Å². The molecule has 0 fully saturated rings. The summed E-state index contributed by atoms with van der Waals surface area (Å²) < 4.78 is 18.7. The molecule has 0 heterocycles. The Labute approximate surface area is 145 Å². The van der Waals surface area contributed by atoms with Crippen molar-refractivity contribution >= 4 is 12.9 Å². The molecular formula is C20H27O3P. The lowest BCUT2D eigenvalue weighted by Gasteiger charge is -2.19. The summed E-state index contributed by atoms with van der Waals surface area (Å²) in [7, 11) is -3.92. The van der Waals surface area contributed by atoms with Crippen LogP contribution in [0.1, 0.15) is 50.3 Å². The Hall–Kier alpha value is -1.57. The van der Waals surface area contributed by atoms with Gasteiger partial charge in [0.15, 0.2) is 0 Å². The molecule has 3 nitrogen and oxygen atoms in total. The maximum atomic E-state index is 13.0. The van der Waals surface area contributed by atoms with Gasteiger partial charge in [-0.2, -0.15) is 0 Å². The van der Waals surface area contributed by atoms with Crippen LogP contribution in [0, 0.1) is 0 Å². The predicted molar refractivity (Wildman–Crippen MR) is 100 cm³/mol. The van der Waals surface area contributed by atoms with Crippen molar-refractivity contribution in [1.29, 1.82) is 0 Å². The third-order valence-electron chi connectivity index (χ3n) is 4.28. The molecular weight excluding hydrogens is 319 g/mol. The SMILES string of the molecule is CCCCc1ccccc1P(=O)(O)Oc1cccc(CC)c1CC. The molecule has 2 aromatic rings. The van der Waals surface area contributed by atoms with Crippen molar-refractivity contribution < 1.29 is 14.0 Å². The highest BCUT2D eigenvalue weighted by Gasteiger charge is 2.28. The van der Waals surface area contributed by atoms with E-state index in [1.165, 1.54) is 0 Å². The molecule has 2 aromatic carbocycles. The van der Waals surface area contributed by atoms with E-state index in [2.05, 4.69) is 13.8 Å². The van der Waals surface area contributed by atoms with Gasteiger partial charge >= 0.3 is 7.60 Å². The van der Waals surface area contributed by atoms with Crippen LogP contribution in [0.5, 0.6) is 5.75 Å². The predicted octanol–water partition coefficient (Wildman–Crippen LogP) is 5.04. The quantitative estimate of drug-likeness (QED) is 0.681. The molecule has 2 rings (SSSR count). The van der Waals surface area contributed by atoms with Crippen LogP contribution in [-0.4, -0.2) is 4.89 Å². The molecule has 0 bridgehead atoms. The van der Waals surface area contributed by atoms with E-state index in [0.717, 1.165) is 48.8 Å². The van der Waals surface area contributed by atoms with Crippen LogP contribution in [0.25, 0.3) is 0 Å². The summed E-state index contributed by atoms with van der Waals surface area (Å²) in [6.45, 7) is 6.23.